The van der Waals surface area contributed by atoms with Crippen molar-refractivity contribution in [2.75, 3.05) is 39.4 Å². The summed E-state index contributed by atoms with van der Waals surface area (Å²) in [4.78, 5) is 16.6. The van der Waals surface area contributed by atoms with Crippen molar-refractivity contribution in [3.63, 3.8) is 0 Å². The maximum absolute atomic E-state index is 13.6. The van der Waals surface area contributed by atoms with Gasteiger partial charge in [0, 0.05) is 25.2 Å². The van der Waals surface area contributed by atoms with E-state index in [1.807, 2.05) is 0 Å². The Kier molecular flexibility index (Phi) is 6.08. The summed E-state index contributed by atoms with van der Waals surface area (Å²) in [6, 6.07) is 9.48. The molecular formula is C22H23F3N2O3. The van der Waals surface area contributed by atoms with Crippen molar-refractivity contribution in [2.24, 2.45) is 0 Å². The minimum absolute atomic E-state index is 0.0859. The van der Waals surface area contributed by atoms with Crippen LogP contribution in [0, 0.1) is 17.5 Å². The topological polar surface area (TPSA) is 42.0 Å². The molecule has 1 spiro atoms. The fraction of sp³-hybridized carbons (Fsp3) is 0.409. The maximum atomic E-state index is 13.6. The number of nitrogens with zero attached hydrogens (tertiary/aromatic N) is 2. The first-order chi connectivity index (χ1) is 14.4. The number of carbonyl (C=O) groups is 1. The van der Waals surface area contributed by atoms with Crippen LogP contribution >= 0.6 is 0 Å². The Balaban J connectivity index is 1.48. The van der Waals surface area contributed by atoms with E-state index in [1.165, 1.54) is 18.2 Å². The quantitative estimate of drug-likeness (QED) is 0.765. The minimum Gasteiger partial charge on any atom is -0.347 e. The smallest absolute Gasteiger partial charge is 0.254 e. The molecule has 0 aromatic heterocycles. The standard InChI is InChI=1S/C22H23F3N2O3/c23-18-5-2-16(3-6-18)13-26-8-1-10-29-22(14-26)15-27(9-11-30-22)21(28)17-4-7-19(24)20(25)12-17/h2-7,12H,1,8-11,13-15H2. The molecule has 2 aliphatic rings. The summed E-state index contributed by atoms with van der Waals surface area (Å²) in [5, 5.41) is 0. The highest BCUT2D eigenvalue weighted by atomic mass is 19.2. The Bertz CT molecular complexity index is 909. The molecule has 2 saturated heterocycles. The summed E-state index contributed by atoms with van der Waals surface area (Å²) < 4.78 is 52.0. The molecule has 8 heteroatoms. The lowest BCUT2D eigenvalue weighted by Gasteiger charge is -2.43. The number of amides is 1. The summed E-state index contributed by atoms with van der Waals surface area (Å²) in [6.45, 7) is 3.09. The molecule has 1 atom stereocenters. The lowest BCUT2D eigenvalue weighted by Crippen LogP contribution is -2.59. The molecular weight excluding hydrogens is 397 g/mol. The number of morpholine rings is 1. The van der Waals surface area contributed by atoms with Crippen molar-refractivity contribution in [3.8, 4) is 0 Å². The second kappa shape index (κ2) is 8.75. The van der Waals surface area contributed by atoms with Gasteiger partial charge in [-0.3, -0.25) is 9.69 Å². The average molecular weight is 420 g/mol. The molecule has 0 radical (unpaired) electrons. The third-order valence-corrected chi connectivity index (χ3v) is 5.38. The van der Waals surface area contributed by atoms with Crippen molar-refractivity contribution < 1.29 is 27.4 Å². The first-order valence-electron chi connectivity index (χ1n) is 9.93. The molecule has 0 N–H and O–H groups in total. The normalized spacial score (nSPS) is 22.8. The number of carbonyl (C=O) groups excluding carboxylic acids is 1. The van der Waals surface area contributed by atoms with E-state index in [1.54, 1.807) is 17.0 Å². The fourth-order valence-electron chi connectivity index (χ4n) is 3.92. The van der Waals surface area contributed by atoms with E-state index in [-0.39, 0.29) is 24.5 Å². The van der Waals surface area contributed by atoms with Gasteiger partial charge in [0.1, 0.15) is 5.82 Å². The van der Waals surface area contributed by atoms with Gasteiger partial charge in [0.15, 0.2) is 17.4 Å². The molecule has 1 unspecified atom stereocenters. The van der Waals surface area contributed by atoms with E-state index in [4.69, 9.17) is 9.47 Å². The minimum atomic E-state index is -1.06. The molecule has 2 aliphatic heterocycles. The van der Waals surface area contributed by atoms with Gasteiger partial charge in [-0.15, -0.1) is 0 Å². The summed E-state index contributed by atoms with van der Waals surface area (Å²) in [5.41, 5.74) is 1.06. The van der Waals surface area contributed by atoms with Gasteiger partial charge in [-0.2, -0.15) is 0 Å². The van der Waals surface area contributed by atoms with Gasteiger partial charge in [-0.05, 0) is 42.3 Å². The van der Waals surface area contributed by atoms with Crippen LogP contribution < -0.4 is 0 Å². The number of hydrogen-bond acceptors (Lipinski definition) is 4. The number of rotatable bonds is 3. The summed E-state index contributed by atoms with van der Waals surface area (Å²) in [7, 11) is 0. The van der Waals surface area contributed by atoms with Gasteiger partial charge in [0.05, 0.1) is 26.3 Å². The van der Waals surface area contributed by atoms with Crippen LogP contribution in [0.1, 0.15) is 22.3 Å². The van der Waals surface area contributed by atoms with Crippen LogP contribution in [-0.4, -0.2) is 60.9 Å². The third-order valence-electron chi connectivity index (χ3n) is 5.38. The first-order valence-corrected chi connectivity index (χ1v) is 9.93. The molecule has 2 aromatic carbocycles. The Morgan fingerprint density at radius 3 is 2.47 bits per heavy atom. The lowest BCUT2D eigenvalue weighted by atomic mass is 10.1. The summed E-state index contributed by atoms with van der Waals surface area (Å²) in [5.74, 6) is -3.72. The molecule has 160 valence electrons. The van der Waals surface area contributed by atoms with Crippen LogP contribution in [-0.2, 0) is 16.0 Å². The molecule has 2 fully saturated rings. The molecule has 2 heterocycles. The second-order valence-corrected chi connectivity index (χ2v) is 7.65. The van der Waals surface area contributed by atoms with Crippen LogP contribution in [0.15, 0.2) is 42.5 Å². The van der Waals surface area contributed by atoms with Crippen LogP contribution in [0.2, 0.25) is 0 Å². The molecule has 0 aliphatic carbocycles. The first kappa shape index (κ1) is 20.8. The Morgan fingerprint density at radius 1 is 0.933 bits per heavy atom. The number of halogens is 3. The molecule has 1 amide bonds. The molecule has 0 bridgehead atoms. The zero-order valence-electron chi connectivity index (χ0n) is 16.5. The maximum Gasteiger partial charge on any atom is 0.254 e. The van der Waals surface area contributed by atoms with E-state index in [0.717, 1.165) is 30.7 Å². The summed E-state index contributed by atoms with van der Waals surface area (Å²) >= 11 is 0. The molecule has 5 nitrogen and oxygen atoms in total. The number of benzene rings is 2. The molecule has 0 saturated carbocycles. The predicted octanol–water partition coefficient (Wildman–Crippen LogP) is 3.20. The van der Waals surface area contributed by atoms with Crippen molar-refractivity contribution in [2.45, 2.75) is 18.8 Å². The van der Waals surface area contributed by atoms with E-state index in [0.29, 0.717) is 26.2 Å². The third kappa shape index (κ3) is 4.66. The monoisotopic (exact) mass is 420 g/mol. The fourth-order valence-corrected chi connectivity index (χ4v) is 3.92. The second-order valence-electron chi connectivity index (χ2n) is 7.65. The highest BCUT2D eigenvalue weighted by molar-refractivity contribution is 5.94. The lowest BCUT2D eigenvalue weighted by molar-refractivity contribution is -0.261. The highest BCUT2D eigenvalue weighted by Crippen LogP contribution is 2.26. The molecule has 30 heavy (non-hydrogen) atoms. The van der Waals surface area contributed by atoms with Crippen LogP contribution in [0.25, 0.3) is 0 Å². The van der Waals surface area contributed by atoms with Crippen LogP contribution in [0.4, 0.5) is 13.2 Å². The average Bonchev–Trinajstić information content (AvgIpc) is 2.93. The van der Waals surface area contributed by atoms with Gasteiger partial charge in [0.25, 0.3) is 5.91 Å². The SMILES string of the molecule is O=C(c1ccc(F)c(F)c1)N1CCOC2(CN(Cc3ccc(F)cc3)CCCO2)C1. The number of hydrogen-bond donors (Lipinski definition) is 0. The van der Waals surface area contributed by atoms with E-state index in [9.17, 15) is 18.0 Å². The van der Waals surface area contributed by atoms with Gasteiger partial charge in [0.2, 0.25) is 0 Å². The van der Waals surface area contributed by atoms with Gasteiger partial charge >= 0.3 is 0 Å². The molecule has 4 rings (SSSR count). The van der Waals surface area contributed by atoms with Gasteiger partial charge < -0.3 is 14.4 Å². The van der Waals surface area contributed by atoms with Crippen LogP contribution in [0.3, 0.4) is 0 Å². The van der Waals surface area contributed by atoms with Crippen molar-refractivity contribution >= 4 is 5.91 Å². The van der Waals surface area contributed by atoms with Crippen molar-refractivity contribution in [1.29, 1.82) is 0 Å². The van der Waals surface area contributed by atoms with E-state index < -0.39 is 23.3 Å². The largest absolute Gasteiger partial charge is 0.347 e. The summed E-state index contributed by atoms with van der Waals surface area (Å²) in [6.07, 6.45) is 0.795. The zero-order valence-corrected chi connectivity index (χ0v) is 16.5. The van der Waals surface area contributed by atoms with Gasteiger partial charge in [-0.25, -0.2) is 13.2 Å². The zero-order chi connectivity index (χ0) is 21.1. The van der Waals surface area contributed by atoms with Crippen LogP contribution in [0.5, 0.6) is 0 Å². The Morgan fingerprint density at radius 2 is 1.70 bits per heavy atom. The van der Waals surface area contributed by atoms with Crippen molar-refractivity contribution in [1.82, 2.24) is 9.80 Å². The number of ether oxygens (including phenoxy) is 2. The highest BCUT2D eigenvalue weighted by Gasteiger charge is 2.42. The molecule has 2 aromatic rings. The predicted molar refractivity (Wildman–Crippen MR) is 103 cm³/mol. The Labute approximate surface area is 173 Å². The Hall–Kier alpha value is -2.42. The van der Waals surface area contributed by atoms with E-state index >= 15 is 0 Å². The van der Waals surface area contributed by atoms with Crippen molar-refractivity contribution in [3.05, 3.63) is 71.0 Å². The van der Waals surface area contributed by atoms with Gasteiger partial charge in [-0.1, -0.05) is 12.1 Å². The van der Waals surface area contributed by atoms with E-state index in [2.05, 4.69) is 4.90 Å².